The van der Waals surface area contributed by atoms with E-state index in [-0.39, 0.29) is 24.8 Å². The van der Waals surface area contributed by atoms with E-state index in [1.807, 2.05) is 0 Å². The average Bonchev–Trinajstić information content (AvgIpc) is 2.28. The first kappa shape index (κ1) is 9.98. The number of hydrogen-bond donors (Lipinski definition) is 2. The zero-order chi connectivity index (χ0) is 10.0. The van der Waals surface area contributed by atoms with Crippen LogP contribution in [0.1, 0.15) is 19.8 Å². The van der Waals surface area contributed by atoms with Gasteiger partial charge in [0.2, 0.25) is 11.8 Å². The standard InChI is InChI=1S/C8H14N2O3/c1-5(2-7(9)12)10-4-6(11)3-8(10)13/h5-6,11H,2-4H2,1H3,(H2,9,12). The molecule has 0 saturated carbocycles. The number of carbonyl (C=O) groups is 2. The number of carbonyl (C=O) groups excluding carboxylic acids is 2. The molecular formula is C8H14N2O3. The third-order valence-corrected chi connectivity index (χ3v) is 2.17. The molecule has 2 atom stereocenters. The Morgan fingerprint density at radius 3 is 2.85 bits per heavy atom. The fourth-order valence-corrected chi connectivity index (χ4v) is 1.54. The number of rotatable bonds is 3. The van der Waals surface area contributed by atoms with Gasteiger partial charge in [-0.15, -0.1) is 0 Å². The Morgan fingerprint density at radius 1 is 1.85 bits per heavy atom. The summed E-state index contributed by atoms with van der Waals surface area (Å²) in [6, 6.07) is -0.206. The Morgan fingerprint density at radius 2 is 2.46 bits per heavy atom. The van der Waals surface area contributed by atoms with Crippen molar-refractivity contribution in [2.45, 2.75) is 31.9 Å². The van der Waals surface area contributed by atoms with Crippen molar-refractivity contribution in [3.8, 4) is 0 Å². The summed E-state index contributed by atoms with van der Waals surface area (Å²) in [6.07, 6.45) is -0.288. The highest BCUT2D eigenvalue weighted by Crippen LogP contribution is 2.15. The Balaban J connectivity index is 2.51. The van der Waals surface area contributed by atoms with Crippen LogP contribution in [0.3, 0.4) is 0 Å². The van der Waals surface area contributed by atoms with Crippen LogP contribution in [0.5, 0.6) is 0 Å². The zero-order valence-corrected chi connectivity index (χ0v) is 7.56. The van der Waals surface area contributed by atoms with Gasteiger partial charge in [0.25, 0.3) is 0 Å². The van der Waals surface area contributed by atoms with Crippen LogP contribution in [0.4, 0.5) is 0 Å². The summed E-state index contributed by atoms with van der Waals surface area (Å²) in [7, 11) is 0. The molecule has 1 fully saturated rings. The Kier molecular flexibility index (Phi) is 2.87. The Labute approximate surface area is 76.5 Å². The minimum Gasteiger partial charge on any atom is -0.391 e. The second-order valence-electron chi connectivity index (χ2n) is 3.42. The second kappa shape index (κ2) is 3.74. The minimum absolute atomic E-state index is 0.110. The highest BCUT2D eigenvalue weighted by molar-refractivity contribution is 5.81. The fourth-order valence-electron chi connectivity index (χ4n) is 1.54. The van der Waals surface area contributed by atoms with E-state index in [4.69, 9.17) is 5.73 Å². The third kappa shape index (κ3) is 2.42. The van der Waals surface area contributed by atoms with Crippen molar-refractivity contribution in [1.29, 1.82) is 0 Å². The van der Waals surface area contributed by atoms with Gasteiger partial charge in [0.15, 0.2) is 0 Å². The Hall–Kier alpha value is -1.10. The highest BCUT2D eigenvalue weighted by atomic mass is 16.3. The smallest absolute Gasteiger partial charge is 0.225 e. The van der Waals surface area contributed by atoms with Crippen molar-refractivity contribution in [2.24, 2.45) is 5.73 Å². The molecule has 1 rings (SSSR count). The summed E-state index contributed by atoms with van der Waals surface area (Å²) in [6.45, 7) is 2.06. The number of hydrogen-bond acceptors (Lipinski definition) is 3. The van der Waals surface area contributed by atoms with E-state index in [0.717, 1.165) is 0 Å². The van der Waals surface area contributed by atoms with Crippen molar-refractivity contribution >= 4 is 11.8 Å². The first-order valence-corrected chi connectivity index (χ1v) is 4.26. The van der Waals surface area contributed by atoms with Crippen LogP contribution in [-0.2, 0) is 9.59 Å². The number of aliphatic hydroxyl groups is 1. The van der Waals surface area contributed by atoms with E-state index in [0.29, 0.717) is 6.54 Å². The molecule has 0 radical (unpaired) electrons. The lowest BCUT2D eigenvalue weighted by Gasteiger charge is -2.22. The quantitative estimate of drug-likeness (QED) is 0.583. The normalized spacial score (nSPS) is 24.9. The molecule has 1 saturated heterocycles. The summed E-state index contributed by atoms with van der Waals surface area (Å²) in [4.78, 5) is 23.3. The average molecular weight is 186 g/mol. The lowest BCUT2D eigenvalue weighted by molar-refractivity contribution is -0.130. The molecule has 13 heavy (non-hydrogen) atoms. The molecule has 5 heteroatoms. The van der Waals surface area contributed by atoms with Gasteiger partial charge in [0.05, 0.1) is 12.5 Å². The number of β-amino-alcohol motifs (C(OH)–C–C–N with tert-alkyl or cyclic N) is 1. The van der Waals surface area contributed by atoms with E-state index < -0.39 is 12.0 Å². The molecule has 0 aromatic rings. The number of likely N-dealkylation sites (tertiary alicyclic amines) is 1. The zero-order valence-electron chi connectivity index (χ0n) is 7.56. The lowest BCUT2D eigenvalue weighted by atomic mass is 10.2. The van der Waals surface area contributed by atoms with E-state index in [1.165, 1.54) is 4.90 Å². The third-order valence-electron chi connectivity index (χ3n) is 2.17. The van der Waals surface area contributed by atoms with Gasteiger partial charge >= 0.3 is 0 Å². The first-order valence-electron chi connectivity index (χ1n) is 4.26. The van der Waals surface area contributed by atoms with Crippen LogP contribution >= 0.6 is 0 Å². The van der Waals surface area contributed by atoms with Gasteiger partial charge in [0.1, 0.15) is 0 Å². The molecule has 0 bridgehead atoms. The van der Waals surface area contributed by atoms with Gasteiger partial charge in [-0.3, -0.25) is 9.59 Å². The van der Waals surface area contributed by atoms with Crippen molar-refractivity contribution in [3.63, 3.8) is 0 Å². The maximum absolute atomic E-state index is 11.2. The highest BCUT2D eigenvalue weighted by Gasteiger charge is 2.31. The van der Waals surface area contributed by atoms with Crippen LogP contribution in [-0.4, -0.2) is 40.5 Å². The predicted molar refractivity (Wildman–Crippen MR) is 45.6 cm³/mol. The minimum atomic E-state index is -0.595. The van der Waals surface area contributed by atoms with Gasteiger partial charge in [0, 0.05) is 19.0 Å². The summed E-state index contributed by atoms with van der Waals surface area (Å²) < 4.78 is 0. The molecule has 0 aromatic carbocycles. The molecule has 1 heterocycles. The molecule has 0 spiro atoms. The van der Waals surface area contributed by atoms with Crippen LogP contribution < -0.4 is 5.73 Å². The number of aliphatic hydroxyl groups excluding tert-OH is 1. The summed E-state index contributed by atoms with van der Waals surface area (Å²) in [5.41, 5.74) is 5.00. The molecule has 0 aliphatic carbocycles. The van der Waals surface area contributed by atoms with Crippen molar-refractivity contribution in [1.82, 2.24) is 4.90 Å². The summed E-state index contributed by atoms with van der Waals surface area (Å²) >= 11 is 0. The topological polar surface area (TPSA) is 83.6 Å². The molecule has 74 valence electrons. The van der Waals surface area contributed by atoms with E-state index in [2.05, 4.69) is 0 Å². The molecule has 2 amide bonds. The number of nitrogens with two attached hydrogens (primary N) is 1. The Bertz CT molecular complexity index is 229. The second-order valence-corrected chi connectivity index (χ2v) is 3.42. The largest absolute Gasteiger partial charge is 0.391 e. The van der Waals surface area contributed by atoms with Crippen molar-refractivity contribution in [2.75, 3.05) is 6.54 Å². The number of primary amides is 1. The molecule has 3 N–H and O–H groups in total. The maximum atomic E-state index is 11.2. The first-order chi connectivity index (χ1) is 6.00. The van der Waals surface area contributed by atoms with Gasteiger partial charge in [-0.1, -0.05) is 0 Å². The molecule has 1 aliphatic rings. The molecule has 5 nitrogen and oxygen atoms in total. The summed E-state index contributed by atoms with van der Waals surface area (Å²) in [5.74, 6) is -0.539. The summed E-state index contributed by atoms with van der Waals surface area (Å²) in [5, 5.41) is 9.17. The molecule has 1 aliphatic heterocycles. The SMILES string of the molecule is CC(CC(N)=O)N1CC(O)CC1=O. The molecule has 0 aromatic heterocycles. The van der Waals surface area contributed by atoms with Crippen LogP contribution in [0.15, 0.2) is 0 Å². The van der Waals surface area contributed by atoms with Gasteiger partial charge in [-0.05, 0) is 6.92 Å². The van der Waals surface area contributed by atoms with Crippen molar-refractivity contribution in [3.05, 3.63) is 0 Å². The van der Waals surface area contributed by atoms with Crippen LogP contribution in [0, 0.1) is 0 Å². The van der Waals surface area contributed by atoms with E-state index >= 15 is 0 Å². The van der Waals surface area contributed by atoms with Crippen LogP contribution in [0.25, 0.3) is 0 Å². The fraction of sp³-hybridized carbons (Fsp3) is 0.750. The van der Waals surface area contributed by atoms with Crippen molar-refractivity contribution < 1.29 is 14.7 Å². The molecular weight excluding hydrogens is 172 g/mol. The number of amides is 2. The number of nitrogens with zero attached hydrogens (tertiary/aromatic N) is 1. The molecule has 2 unspecified atom stereocenters. The maximum Gasteiger partial charge on any atom is 0.225 e. The van der Waals surface area contributed by atoms with Gasteiger partial charge < -0.3 is 15.7 Å². The lowest BCUT2D eigenvalue weighted by Crippen LogP contribution is -2.37. The van der Waals surface area contributed by atoms with E-state index in [9.17, 15) is 14.7 Å². The van der Waals surface area contributed by atoms with E-state index in [1.54, 1.807) is 6.92 Å². The monoisotopic (exact) mass is 186 g/mol. The predicted octanol–water partition coefficient (Wildman–Crippen LogP) is -1.16. The van der Waals surface area contributed by atoms with Crippen LogP contribution in [0.2, 0.25) is 0 Å². The van der Waals surface area contributed by atoms with Gasteiger partial charge in [-0.2, -0.15) is 0 Å². The van der Waals surface area contributed by atoms with Gasteiger partial charge in [-0.25, -0.2) is 0 Å².